The number of fused-ring (bicyclic) bond motifs is 1. The predicted molar refractivity (Wildman–Crippen MR) is 59.7 cm³/mol. The number of carbonyl (C=O) groups is 1. The van der Waals surface area contributed by atoms with Gasteiger partial charge in [0.15, 0.2) is 0 Å². The molecule has 2 rings (SSSR count). The van der Waals surface area contributed by atoms with Crippen LogP contribution in [-0.4, -0.2) is 18.1 Å². The predicted octanol–water partition coefficient (Wildman–Crippen LogP) is 1.90. The summed E-state index contributed by atoms with van der Waals surface area (Å²) in [5.41, 5.74) is 1.64. The van der Waals surface area contributed by atoms with Gasteiger partial charge in [0, 0.05) is 12.6 Å². The van der Waals surface area contributed by atoms with Crippen molar-refractivity contribution in [2.75, 3.05) is 0 Å². The van der Waals surface area contributed by atoms with Gasteiger partial charge in [-0.1, -0.05) is 24.3 Å². The third-order valence-electron chi connectivity index (χ3n) is 3.05. The van der Waals surface area contributed by atoms with Crippen molar-refractivity contribution in [1.29, 1.82) is 0 Å². The van der Waals surface area contributed by atoms with E-state index in [9.17, 15) is 18.0 Å². The van der Waals surface area contributed by atoms with Gasteiger partial charge >= 0.3 is 12.1 Å². The number of carbonyl (C=O) groups excluding carboxylic acids is 1. The molecule has 2 N–H and O–H groups in total. The van der Waals surface area contributed by atoms with E-state index in [-0.39, 0.29) is 6.04 Å². The van der Waals surface area contributed by atoms with E-state index < -0.39 is 18.1 Å². The summed E-state index contributed by atoms with van der Waals surface area (Å²) in [5.74, 6) is -1.90. The van der Waals surface area contributed by atoms with E-state index in [4.69, 9.17) is 0 Å². The fraction of sp³-hybridized carbons (Fsp3) is 0.417. The maximum Gasteiger partial charge on any atom is 0.471 e. The van der Waals surface area contributed by atoms with E-state index in [2.05, 4.69) is 5.32 Å². The lowest BCUT2D eigenvalue weighted by Gasteiger charge is -2.33. The Morgan fingerprint density at radius 2 is 2.06 bits per heavy atom. The quantitative estimate of drug-likeness (QED) is 0.807. The minimum Gasteiger partial charge on any atom is -0.340 e. The summed E-state index contributed by atoms with van der Waals surface area (Å²) >= 11 is 0. The number of hydrogen-bond acceptors (Lipinski definition) is 2. The average molecular weight is 258 g/mol. The van der Waals surface area contributed by atoms with Crippen molar-refractivity contribution in [3.8, 4) is 0 Å². The lowest BCUT2D eigenvalue weighted by molar-refractivity contribution is -0.174. The van der Waals surface area contributed by atoms with Gasteiger partial charge in [0.1, 0.15) is 0 Å². The first kappa shape index (κ1) is 12.9. The Hall–Kier alpha value is -1.56. The van der Waals surface area contributed by atoms with Gasteiger partial charge in [-0.3, -0.25) is 4.79 Å². The van der Waals surface area contributed by atoms with Gasteiger partial charge in [0.25, 0.3) is 0 Å². The zero-order chi connectivity index (χ0) is 13.3. The fourth-order valence-electron chi connectivity index (χ4n) is 2.08. The number of nitrogens with one attached hydrogen (secondary N) is 2. The first-order valence-corrected chi connectivity index (χ1v) is 5.58. The molecular weight excluding hydrogens is 245 g/mol. The summed E-state index contributed by atoms with van der Waals surface area (Å²) in [4.78, 5) is 11.0. The minimum atomic E-state index is -4.86. The van der Waals surface area contributed by atoms with Crippen molar-refractivity contribution in [2.45, 2.75) is 31.7 Å². The van der Waals surface area contributed by atoms with Crippen molar-refractivity contribution in [1.82, 2.24) is 10.6 Å². The normalized spacial score (nSPS) is 23.3. The monoisotopic (exact) mass is 258 g/mol. The van der Waals surface area contributed by atoms with Crippen LogP contribution in [-0.2, 0) is 11.3 Å². The van der Waals surface area contributed by atoms with Crippen molar-refractivity contribution in [3.05, 3.63) is 35.4 Å². The molecule has 1 amide bonds. The molecule has 2 atom stereocenters. The Morgan fingerprint density at radius 1 is 1.39 bits per heavy atom. The minimum absolute atomic E-state index is 0.244. The van der Waals surface area contributed by atoms with E-state index in [1.165, 1.54) is 0 Å². The highest BCUT2D eigenvalue weighted by Crippen LogP contribution is 2.27. The highest BCUT2D eigenvalue weighted by atomic mass is 19.4. The van der Waals surface area contributed by atoms with Crippen LogP contribution in [0, 0.1) is 0 Å². The molecule has 3 nitrogen and oxygen atoms in total. The van der Waals surface area contributed by atoms with E-state index in [0.29, 0.717) is 6.54 Å². The molecule has 1 aliphatic rings. The van der Waals surface area contributed by atoms with Crippen LogP contribution in [0.5, 0.6) is 0 Å². The van der Waals surface area contributed by atoms with Crippen LogP contribution in [0.25, 0.3) is 0 Å². The topological polar surface area (TPSA) is 41.1 Å². The van der Waals surface area contributed by atoms with Crippen LogP contribution in [0.15, 0.2) is 24.3 Å². The van der Waals surface area contributed by atoms with Gasteiger partial charge in [-0.2, -0.15) is 13.2 Å². The summed E-state index contributed by atoms with van der Waals surface area (Å²) in [5, 5.41) is 5.10. The number of hydrogen-bond donors (Lipinski definition) is 2. The summed E-state index contributed by atoms with van der Waals surface area (Å²) in [6, 6.07) is 6.24. The molecule has 98 valence electrons. The number of halogens is 3. The largest absolute Gasteiger partial charge is 0.471 e. The van der Waals surface area contributed by atoms with Crippen LogP contribution in [0.4, 0.5) is 13.2 Å². The fourth-order valence-corrected chi connectivity index (χ4v) is 2.08. The van der Waals surface area contributed by atoms with E-state index in [0.717, 1.165) is 11.1 Å². The molecule has 0 saturated heterocycles. The second-order valence-electron chi connectivity index (χ2n) is 4.32. The Balaban J connectivity index is 2.25. The van der Waals surface area contributed by atoms with E-state index >= 15 is 0 Å². The van der Waals surface area contributed by atoms with E-state index in [1.54, 1.807) is 19.1 Å². The highest BCUT2D eigenvalue weighted by molar-refractivity contribution is 5.82. The number of benzene rings is 1. The van der Waals surface area contributed by atoms with Gasteiger partial charge < -0.3 is 10.6 Å². The Morgan fingerprint density at radius 3 is 2.72 bits per heavy atom. The molecule has 0 bridgehead atoms. The Labute approximate surface area is 102 Å². The lowest BCUT2D eigenvalue weighted by atomic mass is 9.91. The molecule has 0 spiro atoms. The molecule has 6 heteroatoms. The number of amides is 1. The third-order valence-corrected chi connectivity index (χ3v) is 3.05. The zero-order valence-corrected chi connectivity index (χ0v) is 9.71. The first-order valence-electron chi connectivity index (χ1n) is 5.58. The maximum absolute atomic E-state index is 12.3. The molecule has 0 aromatic heterocycles. The molecule has 18 heavy (non-hydrogen) atoms. The molecule has 1 aromatic rings. The molecule has 0 fully saturated rings. The van der Waals surface area contributed by atoms with Crippen LogP contribution < -0.4 is 10.6 Å². The lowest BCUT2D eigenvalue weighted by Crippen LogP contribution is -2.49. The maximum atomic E-state index is 12.3. The Kier molecular flexibility index (Phi) is 3.30. The molecule has 1 aromatic carbocycles. The summed E-state index contributed by atoms with van der Waals surface area (Å²) in [6.07, 6.45) is -4.86. The van der Waals surface area contributed by atoms with Crippen LogP contribution in [0.3, 0.4) is 0 Å². The van der Waals surface area contributed by atoms with Crippen molar-refractivity contribution in [3.63, 3.8) is 0 Å². The standard InChI is InChI=1S/C12H13F3N2O/c1-7-10(17-11(18)12(13,14)15)9-5-3-2-4-8(9)6-16-7/h2-5,7,10,16H,6H2,1H3,(H,17,18). The molecule has 0 saturated carbocycles. The Bertz CT molecular complexity index is 459. The molecule has 2 unspecified atom stereocenters. The smallest absolute Gasteiger partial charge is 0.340 e. The number of rotatable bonds is 1. The zero-order valence-electron chi connectivity index (χ0n) is 9.71. The van der Waals surface area contributed by atoms with Crippen molar-refractivity contribution in [2.24, 2.45) is 0 Å². The molecule has 1 aliphatic heterocycles. The highest BCUT2D eigenvalue weighted by Gasteiger charge is 2.41. The van der Waals surface area contributed by atoms with Crippen LogP contribution >= 0.6 is 0 Å². The summed E-state index contributed by atoms with van der Waals surface area (Å²) in [7, 11) is 0. The van der Waals surface area contributed by atoms with Crippen LogP contribution in [0.2, 0.25) is 0 Å². The first-order chi connectivity index (χ1) is 8.39. The van der Waals surface area contributed by atoms with Gasteiger partial charge in [-0.15, -0.1) is 0 Å². The number of alkyl halides is 3. The van der Waals surface area contributed by atoms with Crippen molar-refractivity contribution >= 4 is 5.91 Å². The summed E-state index contributed by atoms with van der Waals surface area (Å²) in [6.45, 7) is 2.34. The van der Waals surface area contributed by atoms with Crippen molar-refractivity contribution < 1.29 is 18.0 Å². The molecule has 1 heterocycles. The SMILES string of the molecule is CC1NCc2ccccc2C1NC(=O)C(F)(F)F. The van der Waals surface area contributed by atoms with E-state index in [1.807, 2.05) is 17.4 Å². The molecular formula is C12H13F3N2O. The van der Waals surface area contributed by atoms with Gasteiger partial charge in [-0.25, -0.2) is 0 Å². The summed E-state index contributed by atoms with van der Waals surface area (Å²) < 4.78 is 36.8. The molecule has 0 radical (unpaired) electrons. The van der Waals surface area contributed by atoms with Gasteiger partial charge in [0.2, 0.25) is 0 Å². The van der Waals surface area contributed by atoms with Crippen LogP contribution in [0.1, 0.15) is 24.1 Å². The average Bonchev–Trinajstić information content (AvgIpc) is 2.31. The van der Waals surface area contributed by atoms with Gasteiger partial charge in [-0.05, 0) is 18.1 Å². The van der Waals surface area contributed by atoms with Gasteiger partial charge in [0.05, 0.1) is 6.04 Å². The second-order valence-corrected chi connectivity index (χ2v) is 4.32. The third kappa shape index (κ3) is 2.48. The molecule has 0 aliphatic carbocycles. The second kappa shape index (κ2) is 4.61.